The summed E-state index contributed by atoms with van der Waals surface area (Å²) in [5, 5.41) is 10.2. The van der Waals surface area contributed by atoms with E-state index in [1.54, 1.807) is 0 Å². The van der Waals surface area contributed by atoms with Gasteiger partial charge in [-0.1, -0.05) is 6.58 Å². The van der Waals surface area contributed by atoms with E-state index in [0.29, 0.717) is 0 Å². The first-order valence-electron chi connectivity index (χ1n) is 3.79. The van der Waals surface area contributed by atoms with E-state index in [-0.39, 0.29) is 18.7 Å². The summed E-state index contributed by atoms with van der Waals surface area (Å²) in [6.07, 6.45) is 0. The van der Waals surface area contributed by atoms with Crippen LogP contribution < -0.4 is 5.32 Å². The molecule has 0 heterocycles. The molecule has 6 nitrogen and oxygen atoms in total. The lowest BCUT2D eigenvalue weighted by Gasteiger charge is -2.04. The summed E-state index contributed by atoms with van der Waals surface area (Å²) >= 11 is 0. The minimum absolute atomic E-state index is 0.0375. The van der Waals surface area contributed by atoms with Gasteiger partial charge in [-0.25, -0.2) is 9.59 Å². The monoisotopic (exact) mass is 201 g/mol. The van der Waals surface area contributed by atoms with Gasteiger partial charge in [0.05, 0.1) is 6.54 Å². The lowest BCUT2D eigenvalue weighted by atomic mass is 10.4. The Bertz CT molecular complexity index is 243. The highest BCUT2D eigenvalue weighted by atomic mass is 16.5. The van der Waals surface area contributed by atoms with E-state index >= 15 is 0 Å². The third-order valence-electron chi connectivity index (χ3n) is 1.16. The molecule has 0 atom stereocenters. The van der Waals surface area contributed by atoms with Gasteiger partial charge in [0.2, 0.25) is 0 Å². The van der Waals surface area contributed by atoms with Gasteiger partial charge >= 0.3 is 17.8 Å². The number of ether oxygens (including phenoxy) is 1. The largest absolute Gasteiger partial charge is 0.474 e. The van der Waals surface area contributed by atoms with Gasteiger partial charge in [-0.2, -0.15) is 0 Å². The molecular formula is C8H11NO5. The summed E-state index contributed by atoms with van der Waals surface area (Å²) in [7, 11) is 0. The Morgan fingerprint density at radius 2 is 2.00 bits per heavy atom. The Hall–Kier alpha value is -1.85. The van der Waals surface area contributed by atoms with Gasteiger partial charge in [-0.15, -0.1) is 0 Å². The van der Waals surface area contributed by atoms with Crippen LogP contribution in [0.4, 0.5) is 0 Å². The second-order valence-electron chi connectivity index (χ2n) is 2.48. The van der Waals surface area contributed by atoms with E-state index in [4.69, 9.17) is 5.11 Å². The van der Waals surface area contributed by atoms with Crippen LogP contribution >= 0.6 is 0 Å². The maximum absolute atomic E-state index is 10.8. The zero-order valence-electron chi connectivity index (χ0n) is 7.70. The fraction of sp³-hybridized carbons (Fsp3) is 0.375. The highest BCUT2D eigenvalue weighted by molar-refractivity contribution is 6.31. The van der Waals surface area contributed by atoms with Gasteiger partial charge in [0.1, 0.15) is 6.61 Å². The number of hydrogen-bond acceptors (Lipinski definition) is 4. The number of rotatable bonds is 4. The lowest BCUT2D eigenvalue weighted by molar-refractivity contribution is -0.150. The average Bonchev–Trinajstić information content (AvgIpc) is 2.11. The maximum Gasteiger partial charge on any atom is 0.394 e. The molecule has 0 saturated heterocycles. The SMILES string of the molecule is C=C(C)C(=O)OCCNC(=O)C(=O)O. The molecule has 0 bridgehead atoms. The summed E-state index contributed by atoms with van der Waals surface area (Å²) in [6, 6.07) is 0. The molecule has 0 saturated carbocycles. The highest BCUT2D eigenvalue weighted by Gasteiger charge is 2.09. The van der Waals surface area contributed by atoms with Crippen LogP contribution in [0, 0.1) is 0 Å². The van der Waals surface area contributed by atoms with Gasteiger partial charge in [0.25, 0.3) is 0 Å². The van der Waals surface area contributed by atoms with Crippen molar-refractivity contribution in [1.29, 1.82) is 0 Å². The van der Waals surface area contributed by atoms with Crippen LogP contribution in [0.5, 0.6) is 0 Å². The van der Waals surface area contributed by atoms with Crippen molar-refractivity contribution in [2.45, 2.75) is 6.92 Å². The number of aliphatic carboxylic acids is 1. The highest BCUT2D eigenvalue weighted by Crippen LogP contribution is 1.90. The first-order valence-corrected chi connectivity index (χ1v) is 3.79. The molecule has 0 aliphatic rings. The third kappa shape index (κ3) is 4.91. The summed E-state index contributed by atoms with van der Waals surface area (Å²) in [4.78, 5) is 31.2. The molecule has 0 aromatic rings. The predicted molar refractivity (Wildman–Crippen MR) is 46.4 cm³/mol. The zero-order chi connectivity index (χ0) is 11.1. The van der Waals surface area contributed by atoms with Crippen LogP contribution in [-0.4, -0.2) is 36.1 Å². The van der Waals surface area contributed by atoms with E-state index in [1.807, 2.05) is 5.32 Å². The first kappa shape index (κ1) is 12.2. The molecule has 6 heteroatoms. The quantitative estimate of drug-likeness (QED) is 0.272. The molecule has 0 aromatic heterocycles. The number of amides is 1. The van der Waals surface area contributed by atoms with Crippen LogP contribution in [0.1, 0.15) is 6.92 Å². The molecule has 0 radical (unpaired) electrons. The van der Waals surface area contributed by atoms with E-state index in [0.717, 1.165) is 0 Å². The van der Waals surface area contributed by atoms with Gasteiger partial charge in [0.15, 0.2) is 0 Å². The van der Waals surface area contributed by atoms with Crippen molar-refractivity contribution >= 4 is 17.8 Å². The Kier molecular flexibility index (Phi) is 4.98. The Balaban J connectivity index is 3.57. The smallest absolute Gasteiger partial charge is 0.394 e. The first-order chi connectivity index (χ1) is 6.45. The lowest BCUT2D eigenvalue weighted by Crippen LogP contribution is -2.33. The Labute approximate surface area is 80.5 Å². The van der Waals surface area contributed by atoms with Crippen molar-refractivity contribution in [3.63, 3.8) is 0 Å². The van der Waals surface area contributed by atoms with Crippen LogP contribution in [0.2, 0.25) is 0 Å². The third-order valence-corrected chi connectivity index (χ3v) is 1.16. The topological polar surface area (TPSA) is 92.7 Å². The minimum atomic E-state index is -1.57. The molecule has 0 unspecified atom stereocenters. The zero-order valence-corrected chi connectivity index (χ0v) is 7.70. The molecule has 0 aliphatic carbocycles. The fourth-order valence-electron chi connectivity index (χ4n) is 0.507. The summed E-state index contributed by atoms with van der Waals surface area (Å²) in [5.74, 6) is -3.28. The number of carboxylic acids is 1. The fourth-order valence-corrected chi connectivity index (χ4v) is 0.507. The van der Waals surface area contributed by atoms with Crippen LogP contribution in [0.15, 0.2) is 12.2 Å². The maximum atomic E-state index is 10.8. The van der Waals surface area contributed by atoms with Crippen LogP contribution in [0.25, 0.3) is 0 Å². The second-order valence-corrected chi connectivity index (χ2v) is 2.48. The van der Waals surface area contributed by atoms with Crippen molar-refractivity contribution in [1.82, 2.24) is 5.32 Å². The van der Waals surface area contributed by atoms with Crippen molar-refractivity contribution in [3.8, 4) is 0 Å². The Morgan fingerprint density at radius 3 is 2.43 bits per heavy atom. The average molecular weight is 201 g/mol. The minimum Gasteiger partial charge on any atom is -0.474 e. The molecule has 0 spiro atoms. The molecule has 0 aliphatic heterocycles. The molecule has 2 N–H and O–H groups in total. The second kappa shape index (κ2) is 5.74. The number of nitrogens with one attached hydrogen (secondary N) is 1. The van der Waals surface area contributed by atoms with E-state index in [1.165, 1.54) is 6.92 Å². The normalized spacial score (nSPS) is 8.93. The van der Waals surface area contributed by atoms with Crippen molar-refractivity contribution in [2.75, 3.05) is 13.2 Å². The number of carbonyl (C=O) groups excluding carboxylic acids is 2. The predicted octanol–water partition coefficient (Wildman–Crippen LogP) is -0.694. The van der Waals surface area contributed by atoms with E-state index in [9.17, 15) is 14.4 Å². The molecule has 78 valence electrons. The number of esters is 1. The van der Waals surface area contributed by atoms with Crippen molar-refractivity contribution in [3.05, 3.63) is 12.2 Å². The van der Waals surface area contributed by atoms with E-state index in [2.05, 4.69) is 11.3 Å². The van der Waals surface area contributed by atoms with Gasteiger partial charge < -0.3 is 15.2 Å². The van der Waals surface area contributed by atoms with E-state index < -0.39 is 17.8 Å². The Morgan fingerprint density at radius 1 is 1.43 bits per heavy atom. The van der Waals surface area contributed by atoms with Gasteiger partial charge in [0, 0.05) is 5.57 Å². The number of carbonyl (C=O) groups is 3. The summed E-state index contributed by atoms with van der Waals surface area (Å²) in [6.45, 7) is 4.71. The summed E-state index contributed by atoms with van der Waals surface area (Å²) in [5.41, 5.74) is 0.245. The molecule has 0 fully saturated rings. The molecule has 14 heavy (non-hydrogen) atoms. The molecular weight excluding hydrogens is 190 g/mol. The standard InChI is InChI=1S/C8H11NO5/c1-5(2)8(13)14-4-3-9-6(10)7(11)12/h1,3-4H2,2H3,(H,9,10)(H,11,12). The van der Waals surface area contributed by atoms with Gasteiger partial charge in [-0.3, -0.25) is 4.79 Å². The van der Waals surface area contributed by atoms with Crippen LogP contribution in [-0.2, 0) is 19.1 Å². The number of hydrogen-bond donors (Lipinski definition) is 2. The summed E-state index contributed by atoms with van der Waals surface area (Å²) < 4.78 is 4.59. The van der Waals surface area contributed by atoms with Crippen LogP contribution in [0.3, 0.4) is 0 Å². The molecule has 0 aromatic carbocycles. The molecule has 1 amide bonds. The number of carboxylic acid groups (broad SMARTS) is 1. The molecule has 0 rings (SSSR count). The van der Waals surface area contributed by atoms with Crippen molar-refractivity contribution in [2.24, 2.45) is 0 Å². The van der Waals surface area contributed by atoms with Crippen molar-refractivity contribution < 1.29 is 24.2 Å². The van der Waals surface area contributed by atoms with Gasteiger partial charge in [-0.05, 0) is 6.92 Å².